The molecule has 0 fully saturated rings. The normalized spacial score (nSPS) is 10.2. The summed E-state index contributed by atoms with van der Waals surface area (Å²) >= 11 is 6.36. The monoisotopic (exact) mass is 417 g/mol. The van der Waals surface area contributed by atoms with Crippen LogP contribution >= 0.6 is 11.6 Å². The van der Waals surface area contributed by atoms with E-state index in [1.165, 1.54) is 0 Å². The Morgan fingerprint density at radius 1 is 0.931 bits per heavy atom. The Kier molecular flexibility index (Phi) is 9.68. The van der Waals surface area contributed by atoms with Crippen LogP contribution in [0.2, 0.25) is 5.02 Å². The summed E-state index contributed by atoms with van der Waals surface area (Å²) in [5.74, 6) is -0.487. The summed E-state index contributed by atoms with van der Waals surface area (Å²) < 4.78 is 5.86. The van der Waals surface area contributed by atoms with Crippen LogP contribution in [0.5, 0.6) is 5.88 Å². The van der Waals surface area contributed by atoms with Gasteiger partial charge in [-0.15, -0.1) is 0 Å². The van der Waals surface area contributed by atoms with Crippen LogP contribution < -0.4 is 39.4 Å². The molecular weight excluding hydrogens is 397 g/mol. The topological polar surface area (TPSA) is 62.2 Å². The average molecular weight is 418 g/mol. The molecule has 1 heterocycles. The number of rotatable bonds is 9. The molecule has 0 unspecified atom stereocenters. The van der Waals surface area contributed by atoms with Crippen LogP contribution in [-0.4, -0.2) is 17.6 Å². The number of pyridine rings is 1. The van der Waals surface area contributed by atoms with Crippen LogP contribution in [-0.2, 0) is 4.79 Å². The molecule has 0 bridgehead atoms. The average Bonchev–Trinajstić information content (AvgIpc) is 2.71. The van der Waals surface area contributed by atoms with Gasteiger partial charge in [-0.2, -0.15) is 0 Å². The minimum absolute atomic E-state index is 0. The summed E-state index contributed by atoms with van der Waals surface area (Å²) in [5.41, 5.74) is 3.66. The van der Waals surface area contributed by atoms with Gasteiger partial charge in [0, 0.05) is 22.6 Å². The van der Waals surface area contributed by atoms with Crippen LogP contribution in [0.4, 0.5) is 0 Å². The fourth-order valence-electron chi connectivity index (χ4n) is 2.91. The van der Waals surface area contributed by atoms with E-state index in [0.29, 0.717) is 23.9 Å². The van der Waals surface area contributed by atoms with Crippen LogP contribution in [0, 0.1) is 0 Å². The Morgan fingerprint density at radius 3 is 2.38 bits per heavy atom. The SMILES string of the molecule is O=C([O-])CCCCCOc1cc(-c2ccccc2)cc(-c2ccccc2Cl)n1.[Na+]. The first-order valence-electron chi connectivity index (χ1n) is 9.28. The third kappa shape index (κ3) is 7.16. The van der Waals surface area contributed by atoms with Crippen LogP contribution in [0.25, 0.3) is 22.4 Å². The van der Waals surface area contributed by atoms with Gasteiger partial charge in [0.1, 0.15) is 0 Å². The quantitative estimate of drug-likeness (QED) is 0.393. The predicted octanol–water partition coefficient (Wildman–Crippen LogP) is 1.76. The van der Waals surface area contributed by atoms with E-state index in [2.05, 4.69) is 4.98 Å². The largest absolute Gasteiger partial charge is 1.00 e. The van der Waals surface area contributed by atoms with E-state index in [4.69, 9.17) is 16.3 Å². The van der Waals surface area contributed by atoms with Gasteiger partial charge in [-0.25, -0.2) is 4.98 Å². The zero-order valence-electron chi connectivity index (χ0n) is 16.4. The molecule has 0 aliphatic rings. The number of nitrogens with zero attached hydrogens (tertiary/aromatic N) is 1. The number of ether oxygens (including phenoxy) is 1. The minimum Gasteiger partial charge on any atom is -0.550 e. The first kappa shape index (κ1) is 23.4. The summed E-state index contributed by atoms with van der Waals surface area (Å²) in [7, 11) is 0. The van der Waals surface area contributed by atoms with Gasteiger partial charge in [0.2, 0.25) is 5.88 Å². The molecule has 0 atom stereocenters. The fraction of sp³-hybridized carbons (Fsp3) is 0.217. The number of carboxylic acids is 1. The molecule has 0 aliphatic heterocycles. The van der Waals surface area contributed by atoms with E-state index in [0.717, 1.165) is 35.2 Å². The van der Waals surface area contributed by atoms with Crippen LogP contribution in [0.3, 0.4) is 0 Å². The summed E-state index contributed by atoms with van der Waals surface area (Å²) in [4.78, 5) is 15.1. The van der Waals surface area contributed by atoms with Crippen molar-refractivity contribution in [1.82, 2.24) is 4.98 Å². The second-order valence-electron chi connectivity index (χ2n) is 6.46. The number of unbranched alkanes of at least 4 members (excludes halogenated alkanes) is 2. The zero-order valence-corrected chi connectivity index (χ0v) is 19.2. The van der Waals surface area contributed by atoms with E-state index in [1.54, 1.807) is 0 Å². The van der Waals surface area contributed by atoms with E-state index < -0.39 is 5.97 Å². The van der Waals surface area contributed by atoms with Gasteiger partial charge in [-0.3, -0.25) is 0 Å². The van der Waals surface area contributed by atoms with Gasteiger partial charge in [0.25, 0.3) is 0 Å². The van der Waals surface area contributed by atoms with E-state index in [-0.39, 0.29) is 36.0 Å². The number of aromatic nitrogens is 1. The smallest absolute Gasteiger partial charge is 0.550 e. The third-order valence-corrected chi connectivity index (χ3v) is 4.66. The van der Waals surface area contributed by atoms with Crippen molar-refractivity contribution in [2.45, 2.75) is 25.7 Å². The van der Waals surface area contributed by atoms with Crippen molar-refractivity contribution in [2.24, 2.45) is 0 Å². The standard InChI is InChI=1S/C23H22ClNO3.Na/c24-20-12-7-6-11-19(20)21-15-18(17-9-3-1-4-10-17)16-22(25-21)28-14-8-2-5-13-23(26)27;/h1,3-4,6-7,9-12,15-16H,2,5,8,13-14H2,(H,26,27);/q;+1/p-1. The number of benzene rings is 2. The number of carboxylic acid groups (broad SMARTS) is 1. The van der Waals surface area contributed by atoms with Crippen molar-refractivity contribution in [2.75, 3.05) is 6.61 Å². The summed E-state index contributed by atoms with van der Waals surface area (Å²) in [6.07, 6.45) is 2.20. The second kappa shape index (κ2) is 12.0. The predicted molar refractivity (Wildman–Crippen MR) is 109 cm³/mol. The maximum atomic E-state index is 10.5. The van der Waals surface area contributed by atoms with Gasteiger partial charge in [-0.05, 0) is 48.9 Å². The minimum atomic E-state index is -1.01. The maximum absolute atomic E-state index is 10.5. The molecule has 0 spiro atoms. The van der Waals surface area contributed by atoms with Crippen molar-refractivity contribution in [3.05, 3.63) is 71.8 Å². The van der Waals surface area contributed by atoms with Gasteiger partial charge >= 0.3 is 29.6 Å². The van der Waals surface area contributed by atoms with Crippen LogP contribution in [0.1, 0.15) is 25.7 Å². The Labute approximate surface area is 198 Å². The van der Waals surface area contributed by atoms with Crippen molar-refractivity contribution in [3.8, 4) is 28.3 Å². The Bertz CT molecular complexity index is 934. The molecule has 6 heteroatoms. The number of carbonyl (C=O) groups excluding carboxylic acids is 1. The molecule has 29 heavy (non-hydrogen) atoms. The van der Waals surface area contributed by atoms with Crippen molar-refractivity contribution >= 4 is 17.6 Å². The second-order valence-corrected chi connectivity index (χ2v) is 6.86. The third-order valence-electron chi connectivity index (χ3n) is 4.33. The van der Waals surface area contributed by atoms with E-state index in [1.807, 2.05) is 66.7 Å². The van der Waals surface area contributed by atoms with Gasteiger partial charge in [0.15, 0.2) is 0 Å². The summed E-state index contributed by atoms with van der Waals surface area (Å²) in [6.45, 7) is 0.472. The van der Waals surface area contributed by atoms with Crippen molar-refractivity contribution in [1.29, 1.82) is 0 Å². The Balaban J connectivity index is 0.00000300. The molecule has 0 amide bonds. The fourth-order valence-corrected chi connectivity index (χ4v) is 3.14. The summed E-state index contributed by atoms with van der Waals surface area (Å²) in [6, 6.07) is 21.5. The molecule has 3 aromatic rings. The number of halogens is 1. The van der Waals surface area contributed by atoms with Crippen molar-refractivity contribution in [3.63, 3.8) is 0 Å². The maximum Gasteiger partial charge on any atom is 1.00 e. The number of aliphatic carboxylic acids is 1. The molecule has 2 aromatic carbocycles. The molecular formula is C23H21ClNNaO3. The number of hydrogen-bond donors (Lipinski definition) is 0. The molecule has 144 valence electrons. The molecule has 0 N–H and O–H groups in total. The first-order valence-corrected chi connectivity index (χ1v) is 9.66. The molecule has 4 nitrogen and oxygen atoms in total. The molecule has 0 saturated heterocycles. The zero-order chi connectivity index (χ0) is 19.8. The van der Waals surface area contributed by atoms with Crippen molar-refractivity contribution < 1.29 is 44.2 Å². The van der Waals surface area contributed by atoms with E-state index in [9.17, 15) is 9.90 Å². The summed E-state index contributed by atoms with van der Waals surface area (Å²) in [5, 5.41) is 11.1. The van der Waals surface area contributed by atoms with Gasteiger partial charge in [0.05, 0.1) is 12.3 Å². The number of carbonyl (C=O) groups is 1. The first-order chi connectivity index (χ1) is 13.6. The van der Waals surface area contributed by atoms with E-state index >= 15 is 0 Å². The number of hydrogen-bond acceptors (Lipinski definition) is 4. The Morgan fingerprint density at radius 2 is 1.66 bits per heavy atom. The Hall–Kier alpha value is -1.85. The molecule has 0 radical (unpaired) electrons. The molecule has 1 aromatic heterocycles. The van der Waals surface area contributed by atoms with Crippen LogP contribution in [0.15, 0.2) is 66.7 Å². The molecule has 0 aliphatic carbocycles. The van der Waals surface area contributed by atoms with Gasteiger partial charge in [-0.1, -0.05) is 60.1 Å². The van der Waals surface area contributed by atoms with Gasteiger partial charge < -0.3 is 14.6 Å². The molecule has 0 saturated carbocycles. The molecule has 3 rings (SSSR count).